The minimum Gasteiger partial charge on any atom is -0.355 e. The molecule has 0 spiro atoms. The monoisotopic (exact) mass is 598 g/mol. The topological polar surface area (TPSA) is 133 Å². The molecule has 8 nitrogen and oxygen atoms in total. The largest absolute Gasteiger partial charge is 0.355 e. The summed E-state index contributed by atoms with van der Waals surface area (Å²) in [6, 6.07) is 33.3. The van der Waals surface area contributed by atoms with Crippen LogP contribution in [0.5, 0.6) is 0 Å². The standard InChI is InChI=1S/C32H26N2O6S2/c35-41(36,37)32(42(38,39)40)21-9-16-28-26(18-20-30(31(28)32)34-23-12-5-2-6-13-23)25-17-19-29(27-15-8-7-14-24(25)27)33-22-10-3-1-4-11-22/h1-20,33-34H,21H2,(H,35,36,37)(H,38,39,40). The summed E-state index contributed by atoms with van der Waals surface area (Å²) < 4.78 is 69.6. The fraction of sp³-hybridized carbons (Fsp3) is 0.0625. The van der Waals surface area contributed by atoms with Crippen molar-refractivity contribution in [2.24, 2.45) is 0 Å². The van der Waals surface area contributed by atoms with Crippen LogP contribution < -0.4 is 10.6 Å². The number of hydrogen-bond donors (Lipinski definition) is 4. The highest BCUT2D eigenvalue weighted by Gasteiger charge is 2.58. The van der Waals surface area contributed by atoms with Crippen molar-refractivity contribution in [3.05, 3.63) is 126 Å². The Labute approximate surface area is 243 Å². The summed E-state index contributed by atoms with van der Waals surface area (Å²) in [6.07, 6.45) is 2.29. The molecule has 0 amide bonds. The van der Waals surface area contributed by atoms with Crippen LogP contribution in [0.3, 0.4) is 0 Å². The van der Waals surface area contributed by atoms with E-state index in [0.29, 0.717) is 16.8 Å². The highest BCUT2D eigenvalue weighted by atomic mass is 32.3. The molecule has 4 N–H and O–H groups in total. The predicted molar refractivity (Wildman–Crippen MR) is 167 cm³/mol. The van der Waals surface area contributed by atoms with Crippen LogP contribution in [-0.4, -0.2) is 25.9 Å². The Morgan fingerprint density at radius 2 is 1.07 bits per heavy atom. The minimum absolute atomic E-state index is 0.117. The second-order valence-corrected chi connectivity index (χ2v) is 13.5. The lowest BCUT2D eigenvalue weighted by Crippen LogP contribution is -2.44. The molecule has 1 aliphatic carbocycles. The lowest BCUT2D eigenvalue weighted by atomic mass is 9.86. The van der Waals surface area contributed by atoms with Crippen molar-refractivity contribution >= 4 is 59.8 Å². The molecule has 0 saturated heterocycles. The Morgan fingerprint density at radius 1 is 0.571 bits per heavy atom. The summed E-state index contributed by atoms with van der Waals surface area (Å²) in [6.45, 7) is 0. The van der Waals surface area contributed by atoms with Gasteiger partial charge >= 0.3 is 0 Å². The average molecular weight is 599 g/mol. The molecule has 0 atom stereocenters. The molecular formula is C32H26N2O6S2. The molecule has 5 aromatic rings. The minimum atomic E-state index is -5.40. The first-order valence-electron chi connectivity index (χ1n) is 13.0. The maximum absolute atomic E-state index is 12.9. The van der Waals surface area contributed by atoms with Gasteiger partial charge in [0.25, 0.3) is 24.3 Å². The number of para-hydroxylation sites is 2. The molecule has 0 bridgehead atoms. The second kappa shape index (κ2) is 10.4. The molecule has 0 heterocycles. The first-order valence-corrected chi connectivity index (χ1v) is 15.9. The van der Waals surface area contributed by atoms with Gasteiger partial charge < -0.3 is 10.6 Å². The van der Waals surface area contributed by atoms with Gasteiger partial charge in [0.05, 0.1) is 0 Å². The summed E-state index contributed by atoms with van der Waals surface area (Å²) in [7, 11) is -10.8. The molecule has 0 unspecified atom stereocenters. The zero-order valence-electron chi connectivity index (χ0n) is 22.1. The van der Waals surface area contributed by atoms with Crippen molar-refractivity contribution in [2.45, 2.75) is 10.5 Å². The molecule has 1 aliphatic rings. The Bertz CT molecular complexity index is 2030. The first-order chi connectivity index (χ1) is 20.1. The van der Waals surface area contributed by atoms with Crippen molar-refractivity contribution in [1.82, 2.24) is 0 Å². The van der Waals surface area contributed by atoms with E-state index in [0.717, 1.165) is 22.1 Å². The van der Waals surface area contributed by atoms with Crippen molar-refractivity contribution in [3.63, 3.8) is 0 Å². The molecule has 0 fully saturated rings. The molecule has 0 aromatic heterocycles. The van der Waals surface area contributed by atoms with Crippen LogP contribution in [0.15, 0.2) is 115 Å². The van der Waals surface area contributed by atoms with Gasteiger partial charge in [0.1, 0.15) is 0 Å². The summed E-state index contributed by atoms with van der Waals surface area (Å²) in [4.78, 5) is 0. The number of anilines is 4. The van der Waals surface area contributed by atoms with Crippen LogP contribution in [-0.2, 0) is 24.3 Å². The fourth-order valence-electron chi connectivity index (χ4n) is 5.57. The Hall–Kier alpha value is -4.48. The van der Waals surface area contributed by atoms with E-state index in [-0.39, 0.29) is 16.8 Å². The Morgan fingerprint density at radius 3 is 1.67 bits per heavy atom. The lowest BCUT2D eigenvalue weighted by Gasteiger charge is -2.34. The van der Waals surface area contributed by atoms with Gasteiger partial charge in [0.15, 0.2) is 0 Å². The van der Waals surface area contributed by atoms with E-state index >= 15 is 0 Å². The van der Waals surface area contributed by atoms with Crippen LogP contribution in [0.4, 0.5) is 22.7 Å². The maximum atomic E-state index is 12.9. The van der Waals surface area contributed by atoms with Gasteiger partial charge in [-0.25, -0.2) is 0 Å². The summed E-state index contributed by atoms with van der Waals surface area (Å²) >= 11 is 0. The third-order valence-corrected chi connectivity index (χ3v) is 11.1. The number of benzene rings is 5. The average Bonchev–Trinajstić information content (AvgIpc) is 2.97. The first kappa shape index (κ1) is 27.7. The maximum Gasteiger partial charge on any atom is 0.292 e. The van der Waals surface area contributed by atoms with Gasteiger partial charge in [0.2, 0.25) is 0 Å². The SMILES string of the molecule is O=S(=O)(O)C1(S(=O)(=O)O)CC=Cc2c(-c3ccc(Nc4ccccc4)c4ccccc34)ccc(Nc3ccccc3)c21. The number of rotatable bonds is 7. The second-order valence-electron chi connectivity index (χ2n) is 9.95. The van der Waals surface area contributed by atoms with Gasteiger partial charge in [-0.15, -0.1) is 0 Å². The third kappa shape index (κ3) is 4.64. The molecule has 0 saturated carbocycles. The van der Waals surface area contributed by atoms with Gasteiger partial charge in [-0.05, 0) is 58.5 Å². The van der Waals surface area contributed by atoms with E-state index in [1.54, 1.807) is 48.5 Å². The van der Waals surface area contributed by atoms with E-state index in [4.69, 9.17) is 0 Å². The number of fused-ring (bicyclic) bond motifs is 2. The van der Waals surface area contributed by atoms with Crippen LogP contribution in [0.25, 0.3) is 28.0 Å². The number of hydrogen-bond acceptors (Lipinski definition) is 6. The van der Waals surface area contributed by atoms with Crippen molar-refractivity contribution in [1.29, 1.82) is 0 Å². The van der Waals surface area contributed by atoms with Gasteiger partial charge in [-0.1, -0.05) is 84.9 Å². The fourth-order valence-corrected chi connectivity index (χ4v) is 8.21. The highest BCUT2D eigenvalue weighted by Crippen LogP contribution is 2.51. The molecule has 212 valence electrons. The molecule has 10 heteroatoms. The van der Waals surface area contributed by atoms with Gasteiger partial charge in [-0.2, -0.15) is 16.8 Å². The number of allylic oxidation sites excluding steroid dienone is 1. The van der Waals surface area contributed by atoms with Crippen LogP contribution in [0.1, 0.15) is 17.5 Å². The Kier molecular flexibility index (Phi) is 6.86. The normalized spacial score (nSPS) is 14.3. The van der Waals surface area contributed by atoms with E-state index in [9.17, 15) is 25.9 Å². The van der Waals surface area contributed by atoms with Crippen molar-refractivity contribution < 1.29 is 25.9 Å². The van der Waals surface area contributed by atoms with Crippen molar-refractivity contribution in [2.75, 3.05) is 10.6 Å². The predicted octanol–water partition coefficient (Wildman–Crippen LogP) is 7.34. The van der Waals surface area contributed by atoms with Gasteiger partial charge in [-0.3, -0.25) is 9.11 Å². The van der Waals surface area contributed by atoms with Gasteiger partial charge in [0, 0.05) is 40.1 Å². The summed E-state index contributed by atoms with van der Waals surface area (Å²) in [5, 5.41) is 8.23. The van der Waals surface area contributed by atoms with Crippen LogP contribution in [0, 0.1) is 0 Å². The molecular weight excluding hydrogens is 572 g/mol. The van der Waals surface area contributed by atoms with Crippen molar-refractivity contribution in [3.8, 4) is 11.1 Å². The molecule has 6 rings (SSSR count). The number of nitrogens with one attached hydrogen (secondary N) is 2. The summed E-state index contributed by atoms with van der Waals surface area (Å²) in [5.74, 6) is 0. The zero-order chi connectivity index (χ0) is 29.5. The zero-order valence-corrected chi connectivity index (χ0v) is 23.7. The van der Waals surface area contributed by atoms with E-state index in [1.807, 2.05) is 66.7 Å². The van der Waals surface area contributed by atoms with E-state index in [1.165, 1.54) is 6.08 Å². The smallest absolute Gasteiger partial charge is 0.292 e. The Balaban J connectivity index is 1.63. The molecule has 0 radical (unpaired) electrons. The van der Waals surface area contributed by atoms with E-state index in [2.05, 4.69) is 10.6 Å². The van der Waals surface area contributed by atoms with Crippen LogP contribution >= 0.6 is 0 Å². The quantitative estimate of drug-likeness (QED) is 0.143. The van der Waals surface area contributed by atoms with Crippen LogP contribution in [0.2, 0.25) is 0 Å². The molecule has 42 heavy (non-hydrogen) atoms. The summed E-state index contributed by atoms with van der Waals surface area (Å²) in [5.41, 5.74) is 3.64. The lowest BCUT2D eigenvalue weighted by molar-refractivity contribution is 0.423. The highest BCUT2D eigenvalue weighted by molar-refractivity contribution is 8.04. The molecule has 5 aromatic carbocycles. The third-order valence-electron chi connectivity index (χ3n) is 7.45. The molecule has 0 aliphatic heterocycles. The van der Waals surface area contributed by atoms with E-state index < -0.39 is 30.7 Å².